The Morgan fingerprint density at radius 1 is 1.36 bits per heavy atom. The molecule has 14 heavy (non-hydrogen) atoms. The Bertz CT molecular complexity index is 425. The number of rotatable bonds is 2. The number of nitrogens with zero attached hydrogens (tertiary/aromatic N) is 2. The molecule has 2 nitrogen and oxygen atoms in total. The van der Waals surface area contributed by atoms with Gasteiger partial charge in [0, 0.05) is 22.8 Å². The molecule has 0 radical (unpaired) electrons. The molecule has 4 heteroatoms. The first-order valence-electron chi connectivity index (χ1n) is 4.24. The van der Waals surface area contributed by atoms with E-state index >= 15 is 0 Å². The SMILES string of the molecule is Cc1sc(CCl)nc1-c1ccncc1. The summed E-state index contributed by atoms with van der Waals surface area (Å²) in [5, 5.41) is 0.968. The molecule has 0 aliphatic carbocycles. The maximum atomic E-state index is 5.74. The molecular weight excluding hydrogens is 216 g/mol. The van der Waals surface area contributed by atoms with Crippen LogP contribution in [0.3, 0.4) is 0 Å². The van der Waals surface area contributed by atoms with Gasteiger partial charge in [0.15, 0.2) is 0 Å². The lowest BCUT2D eigenvalue weighted by atomic mass is 10.2. The van der Waals surface area contributed by atoms with E-state index < -0.39 is 0 Å². The minimum Gasteiger partial charge on any atom is -0.265 e. The smallest absolute Gasteiger partial charge is 0.108 e. The normalized spacial score (nSPS) is 10.4. The van der Waals surface area contributed by atoms with Crippen LogP contribution in [0.25, 0.3) is 11.3 Å². The van der Waals surface area contributed by atoms with Crippen molar-refractivity contribution in [3.8, 4) is 11.3 Å². The lowest BCUT2D eigenvalue weighted by Gasteiger charge is -1.95. The van der Waals surface area contributed by atoms with E-state index in [4.69, 9.17) is 11.6 Å². The van der Waals surface area contributed by atoms with Crippen LogP contribution in [-0.4, -0.2) is 9.97 Å². The van der Waals surface area contributed by atoms with E-state index in [0.29, 0.717) is 5.88 Å². The van der Waals surface area contributed by atoms with Crippen molar-refractivity contribution in [2.24, 2.45) is 0 Å². The van der Waals surface area contributed by atoms with Crippen molar-refractivity contribution in [2.75, 3.05) is 0 Å². The van der Waals surface area contributed by atoms with Crippen LogP contribution in [0.5, 0.6) is 0 Å². The largest absolute Gasteiger partial charge is 0.265 e. The molecule has 0 atom stereocenters. The van der Waals surface area contributed by atoms with E-state index in [1.165, 1.54) is 4.88 Å². The van der Waals surface area contributed by atoms with E-state index in [9.17, 15) is 0 Å². The van der Waals surface area contributed by atoms with Crippen molar-refractivity contribution in [1.29, 1.82) is 0 Å². The minimum atomic E-state index is 0.483. The molecule has 0 bridgehead atoms. The third kappa shape index (κ3) is 1.79. The number of thiazole rings is 1. The van der Waals surface area contributed by atoms with Crippen LogP contribution < -0.4 is 0 Å². The summed E-state index contributed by atoms with van der Waals surface area (Å²) in [5.41, 5.74) is 2.12. The summed E-state index contributed by atoms with van der Waals surface area (Å²) in [4.78, 5) is 9.64. The third-order valence-corrected chi connectivity index (χ3v) is 3.29. The zero-order valence-electron chi connectivity index (χ0n) is 7.70. The first kappa shape index (κ1) is 9.62. The van der Waals surface area contributed by atoms with Crippen LogP contribution in [0.15, 0.2) is 24.5 Å². The highest BCUT2D eigenvalue weighted by atomic mass is 35.5. The maximum absolute atomic E-state index is 5.74. The van der Waals surface area contributed by atoms with Gasteiger partial charge in [-0.1, -0.05) is 0 Å². The molecule has 2 aromatic heterocycles. The molecule has 0 fully saturated rings. The van der Waals surface area contributed by atoms with Gasteiger partial charge in [0.05, 0.1) is 11.6 Å². The molecule has 0 amide bonds. The van der Waals surface area contributed by atoms with Gasteiger partial charge in [-0.15, -0.1) is 22.9 Å². The molecule has 0 aliphatic heterocycles. The predicted octanol–water partition coefficient (Wildman–Crippen LogP) is 3.25. The molecule has 0 spiro atoms. The second kappa shape index (κ2) is 4.07. The highest BCUT2D eigenvalue weighted by molar-refractivity contribution is 7.12. The van der Waals surface area contributed by atoms with E-state index in [1.54, 1.807) is 23.7 Å². The van der Waals surface area contributed by atoms with Gasteiger partial charge >= 0.3 is 0 Å². The fourth-order valence-electron chi connectivity index (χ4n) is 1.29. The highest BCUT2D eigenvalue weighted by Crippen LogP contribution is 2.27. The Morgan fingerprint density at radius 2 is 2.07 bits per heavy atom. The molecule has 0 saturated carbocycles. The maximum Gasteiger partial charge on any atom is 0.108 e. The summed E-state index contributed by atoms with van der Waals surface area (Å²) in [6.45, 7) is 2.06. The fourth-order valence-corrected chi connectivity index (χ4v) is 2.31. The molecule has 72 valence electrons. The van der Waals surface area contributed by atoms with Crippen LogP contribution in [0.4, 0.5) is 0 Å². The molecule has 0 saturated heterocycles. The predicted molar refractivity (Wildman–Crippen MR) is 59.6 cm³/mol. The number of pyridine rings is 1. The van der Waals surface area contributed by atoms with E-state index in [1.807, 2.05) is 12.1 Å². The molecule has 0 N–H and O–H groups in total. The van der Waals surface area contributed by atoms with Crippen molar-refractivity contribution < 1.29 is 0 Å². The molecule has 2 rings (SSSR count). The van der Waals surface area contributed by atoms with Crippen molar-refractivity contribution >= 4 is 22.9 Å². The Hall–Kier alpha value is -0.930. The van der Waals surface area contributed by atoms with Crippen LogP contribution in [-0.2, 0) is 5.88 Å². The average molecular weight is 225 g/mol. The van der Waals surface area contributed by atoms with Crippen molar-refractivity contribution in [3.05, 3.63) is 34.4 Å². The van der Waals surface area contributed by atoms with Crippen LogP contribution in [0.2, 0.25) is 0 Å². The van der Waals surface area contributed by atoms with Gasteiger partial charge in [-0.05, 0) is 19.1 Å². The van der Waals surface area contributed by atoms with Gasteiger partial charge in [0.2, 0.25) is 0 Å². The number of aromatic nitrogens is 2. The zero-order chi connectivity index (χ0) is 9.97. The quantitative estimate of drug-likeness (QED) is 0.732. The van der Waals surface area contributed by atoms with Gasteiger partial charge in [-0.3, -0.25) is 4.98 Å². The van der Waals surface area contributed by atoms with Crippen LogP contribution in [0, 0.1) is 6.92 Å². The first-order chi connectivity index (χ1) is 6.81. The molecule has 2 aromatic rings. The number of alkyl halides is 1. The van der Waals surface area contributed by atoms with Gasteiger partial charge in [-0.25, -0.2) is 4.98 Å². The Balaban J connectivity index is 2.46. The minimum absolute atomic E-state index is 0.483. The summed E-state index contributed by atoms with van der Waals surface area (Å²) >= 11 is 7.38. The van der Waals surface area contributed by atoms with Gasteiger partial charge < -0.3 is 0 Å². The average Bonchev–Trinajstić information content (AvgIpc) is 2.61. The van der Waals surface area contributed by atoms with Gasteiger partial charge in [0.25, 0.3) is 0 Å². The first-order valence-corrected chi connectivity index (χ1v) is 5.59. The summed E-state index contributed by atoms with van der Waals surface area (Å²) in [6, 6.07) is 3.92. The number of hydrogen-bond acceptors (Lipinski definition) is 3. The highest BCUT2D eigenvalue weighted by Gasteiger charge is 2.08. The Kier molecular flexibility index (Phi) is 2.79. The van der Waals surface area contributed by atoms with Gasteiger partial charge in [0.1, 0.15) is 5.01 Å². The summed E-state index contributed by atoms with van der Waals surface area (Å²) in [7, 11) is 0. The number of hydrogen-bond donors (Lipinski definition) is 0. The Labute approximate surface area is 91.6 Å². The molecule has 0 aliphatic rings. The molecular formula is C10H9ClN2S. The van der Waals surface area contributed by atoms with Crippen LogP contribution >= 0.6 is 22.9 Å². The summed E-state index contributed by atoms with van der Waals surface area (Å²) < 4.78 is 0. The van der Waals surface area contributed by atoms with Crippen molar-refractivity contribution in [3.63, 3.8) is 0 Å². The van der Waals surface area contributed by atoms with Crippen LogP contribution in [0.1, 0.15) is 9.88 Å². The standard InChI is InChI=1S/C10H9ClN2S/c1-7-10(13-9(6-11)14-7)8-2-4-12-5-3-8/h2-5H,6H2,1H3. The third-order valence-electron chi connectivity index (χ3n) is 1.91. The number of halogens is 1. The topological polar surface area (TPSA) is 25.8 Å². The second-order valence-electron chi connectivity index (χ2n) is 2.88. The van der Waals surface area contributed by atoms with E-state index in [2.05, 4.69) is 16.9 Å². The lowest BCUT2D eigenvalue weighted by molar-refractivity contribution is 1.24. The molecule has 0 unspecified atom stereocenters. The summed E-state index contributed by atoms with van der Waals surface area (Å²) in [5.74, 6) is 0.483. The van der Waals surface area contributed by atoms with Crippen molar-refractivity contribution in [1.82, 2.24) is 9.97 Å². The van der Waals surface area contributed by atoms with Crippen molar-refractivity contribution in [2.45, 2.75) is 12.8 Å². The Morgan fingerprint density at radius 3 is 2.64 bits per heavy atom. The van der Waals surface area contributed by atoms with E-state index in [-0.39, 0.29) is 0 Å². The molecule has 0 aromatic carbocycles. The van der Waals surface area contributed by atoms with Gasteiger partial charge in [-0.2, -0.15) is 0 Å². The lowest BCUT2D eigenvalue weighted by Crippen LogP contribution is -1.81. The summed E-state index contributed by atoms with van der Waals surface area (Å²) in [6.07, 6.45) is 3.54. The molecule has 2 heterocycles. The fraction of sp³-hybridized carbons (Fsp3) is 0.200. The number of aryl methyl sites for hydroxylation is 1. The second-order valence-corrected chi connectivity index (χ2v) is 4.44. The monoisotopic (exact) mass is 224 g/mol. The zero-order valence-corrected chi connectivity index (χ0v) is 9.27. The van der Waals surface area contributed by atoms with E-state index in [0.717, 1.165) is 16.3 Å².